The standard InChI is InChI=1S/C17H20BrNO3/c1-2-22-17(21)13-7-11-5-6-19-10-14(20)4-3-12(9-18)15(8-13)16(11)19/h3-4,7-8,11-12,16H,2,5-6,9-10H2,1H3. The normalized spacial score (nSPS) is 31.0. The monoisotopic (exact) mass is 365 g/mol. The third kappa shape index (κ3) is 2.84. The van der Waals surface area contributed by atoms with Crippen molar-refractivity contribution in [3.8, 4) is 0 Å². The summed E-state index contributed by atoms with van der Waals surface area (Å²) in [4.78, 5) is 26.3. The third-order valence-electron chi connectivity index (χ3n) is 4.58. The number of hydrogen-bond acceptors (Lipinski definition) is 4. The molecular formula is C17H20BrNO3. The van der Waals surface area contributed by atoms with Gasteiger partial charge in [-0.15, -0.1) is 0 Å². The van der Waals surface area contributed by atoms with Crippen molar-refractivity contribution in [3.05, 3.63) is 35.5 Å². The highest BCUT2D eigenvalue weighted by Crippen LogP contribution is 2.40. The van der Waals surface area contributed by atoms with E-state index < -0.39 is 0 Å². The van der Waals surface area contributed by atoms with E-state index in [9.17, 15) is 9.59 Å². The van der Waals surface area contributed by atoms with Crippen molar-refractivity contribution >= 4 is 27.7 Å². The van der Waals surface area contributed by atoms with E-state index in [1.165, 1.54) is 5.57 Å². The summed E-state index contributed by atoms with van der Waals surface area (Å²) in [5.74, 6) is 0.337. The minimum Gasteiger partial charge on any atom is -0.462 e. The van der Waals surface area contributed by atoms with Crippen LogP contribution in [0.1, 0.15) is 13.3 Å². The fourth-order valence-electron chi connectivity index (χ4n) is 3.63. The fourth-order valence-corrected chi connectivity index (χ4v) is 4.22. The van der Waals surface area contributed by atoms with Gasteiger partial charge in [0.15, 0.2) is 5.78 Å². The lowest BCUT2D eigenvalue weighted by atomic mass is 9.79. The van der Waals surface area contributed by atoms with Gasteiger partial charge in [-0.3, -0.25) is 9.69 Å². The van der Waals surface area contributed by atoms with Crippen molar-refractivity contribution in [2.24, 2.45) is 11.8 Å². The summed E-state index contributed by atoms with van der Waals surface area (Å²) >= 11 is 3.54. The fraction of sp³-hybridized carbons (Fsp3) is 0.529. The number of ketones is 1. The van der Waals surface area contributed by atoms with Crippen molar-refractivity contribution in [3.63, 3.8) is 0 Å². The van der Waals surface area contributed by atoms with Crippen molar-refractivity contribution < 1.29 is 14.3 Å². The average molecular weight is 366 g/mol. The molecule has 1 aliphatic carbocycles. The molecule has 1 fully saturated rings. The summed E-state index contributed by atoms with van der Waals surface area (Å²) in [5.41, 5.74) is 1.87. The van der Waals surface area contributed by atoms with Crippen LogP contribution >= 0.6 is 15.9 Å². The second-order valence-corrected chi connectivity index (χ2v) is 6.59. The van der Waals surface area contributed by atoms with E-state index in [0.717, 1.165) is 18.3 Å². The highest BCUT2D eigenvalue weighted by atomic mass is 79.9. The minimum absolute atomic E-state index is 0.135. The molecule has 4 nitrogen and oxygen atoms in total. The highest BCUT2D eigenvalue weighted by molar-refractivity contribution is 9.09. The topological polar surface area (TPSA) is 46.6 Å². The molecule has 118 valence electrons. The Morgan fingerprint density at radius 2 is 2.32 bits per heavy atom. The molecule has 3 unspecified atom stereocenters. The number of rotatable bonds is 3. The number of hydrogen-bond donors (Lipinski definition) is 0. The van der Waals surface area contributed by atoms with Gasteiger partial charge in [0.25, 0.3) is 0 Å². The Kier molecular flexibility index (Phi) is 4.64. The van der Waals surface area contributed by atoms with Crippen molar-refractivity contribution in [1.29, 1.82) is 0 Å². The summed E-state index contributed by atoms with van der Waals surface area (Å²) in [7, 11) is 0. The molecule has 1 saturated heterocycles. The summed E-state index contributed by atoms with van der Waals surface area (Å²) < 4.78 is 5.16. The molecule has 0 aromatic carbocycles. The molecule has 2 heterocycles. The van der Waals surface area contributed by atoms with Crippen molar-refractivity contribution in [2.75, 3.05) is 25.0 Å². The summed E-state index contributed by atoms with van der Waals surface area (Å²) in [6.07, 6.45) is 8.63. The molecule has 2 aliphatic heterocycles. The third-order valence-corrected chi connectivity index (χ3v) is 5.28. The number of ether oxygens (including phenoxy) is 1. The van der Waals surface area contributed by atoms with E-state index >= 15 is 0 Å². The molecule has 3 atom stereocenters. The molecule has 0 saturated carbocycles. The predicted molar refractivity (Wildman–Crippen MR) is 87.7 cm³/mol. The van der Waals surface area contributed by atoms with Gasteiger partial charge in [0, 0.05) is 17.3 Å². The zero-order valence-corrected chi connectivity index (χ0v) is 14.2. The number of carbonyl (C=O) groups is 2. The maximum Gasteiger partial charge on any atom is 0.337 e. The minimum atomic E-state index is -0.248. The molecule has 0 N–H and O–H groups in total. The molecule has 3 aliphatic rings. The zero-order chi connectivity index (χ0) is 15.7. The molecule has 0 radical (unpaired) electrons. The Morgan fingerprint density at radius 1 is 1.50 bits per heavy atom. The SMILES string of the molecule is CCOC(=O)C1=CC2CCN3CC(=O)C=CC(CBr)C(=C1)C23. The summed E-state index contributed by atoms with van der Waals surface area (Å²) in [6, 6.07) is 0.231. The van der Waals surface area contributed by atoms with Crippen LogP contribution in [0.3, 0.4) is 0 Å². The van der Waals surface area contributed by atoms with Gasteiger partial charge in [0.2, 0.25) is 0 Å². The lowest BCUT2D eigenvalue weighted by Crippen LogP contribution is -2.42. The largest absolute Gasteiger partial charge is 0.462 e. The van der Waals surface area contributed by atoms with Gasteiger partial charge in [0.1, 0.15) is 0 Å². The van der Waals surface area contributed by atoms with Crippen LogP contribution in [0.2, 0.25) is 0 Å². The number of carbonyl (C=O) groups excluding carboxylic acids is 2. The first-order valence-corrected chi connectivity index (χ1v) is 8.87. The van der Waals surface area contributed by atoms with Crippen LogP contribution in [0.5, 0.6) is 0 Å². The molecule has 5 heteroatoms. The lowest BCUT2D eigenvalue weighted by Gasteiger charge is -2.35. The quantitative estimate of drug-likeness (QED) is 0.568. The first-order valence-electron chi connectivity index (χ1n) is 7.75. The molecule has 0 bridgehead atoms. The van der Waals surface area contributed by atoms with E-state index in [2.05, 4.69) is 20.8 Å². The summed E-state index contributed by atoms with van der Waals surface area (Å²) in [5, 5.41) is 0.746. The second-order valence-electron chi connectivity index (χ2n) is 5.94. The van der Waals surface area contributed by atoms with Crippen LogP contribution < -0.4 is 0 Å². The predicted octanol–water partition coefficient (Wildman–Crippen LogP) is 2.26. The van der Waals surface area contributed by atoms with Gasteiger partial charge < -0.3 is 4.74 Å². The first-order chi connectivity index (χ1) is 10.6. The molecule has 0 spiro atoms. The van der Waals surface area contributed by atoms with Crippen LogP contribution in [-0.4, -0.2) is 47.7 Å². The Bertz CT molecular complexity index is 578. The first kappa shape index (κ1) is 15.7. The summed E-state index contributed by atoms with van der Waals surface area (Å²) in [6.45, 7) is 3.57. The molecular weight excluding hydrogens is 346 g/mol. The van der Waals surface area contributed by atoms with Crippen molar-refractivity contribution in [2.45, 2.75) is 19.4 Å². The number of alkyl halides is 1. The van der Waals surface area contributed by atoms with E-state index in [1.807, 2.05) is 25.2 Å². The molecule has 22 heavy (non-hydrogen) atoms. The van der Waals surface area contributed by atoms with Crippen LogP contribution in [0.15, 0.2) is 35.5 Å². The Labute approximate surface area is 139 Å². The molecule has 0 aromatic heterocycles. The van der Waals surface area contributed by atoms with Gasteiger partial charge in [-0.1, -0.05) is 28.1 Å². The maximum absolute atomic E-state index is 12.1. The smallest absolute Gasteiger partial charge is 0.337 e. The van der Waals surface area contributed by atoms with Crippen LogP contribution in [0.4, 0.5) is 0 Å². The maximum atomic E-state index is 12.1. The Hall–Kier alpha value is -1.20. The van der Waals surface area contributed by atoms with Gasteiger partial charge in [-0.2, -0.15) is 0 Å². The number of allylic oxidation sites excluding steroid dienone is 1. The highest BCUT2D eigenvalue weighted by Gasteiger charge is 2.41. The molecule has 0 amide bonds. The van der Waals surface area contributed by atoms with Crippen LogP contribution in [-0.2, 0) is 14.3 Å². The van der Waals surface area contributed by atoms with E-state index in [-0.39, 0.29) is 23.7 Å². The molecule has 0 aromatic rings. The lowest BCUT2D eigenvalue weighted by molar-refractivity contribution is -0.138. The van der Waals surface area contributed by atoms with Gasteiger partial charge in [0.05, 0.1) is 18.7 Å². The average Bonchev–Trinajstić information content (AvgIpc) is 2.89. The molecule has 3 rings (SSSR count). The van der Waals surface area contributed by atoms with E-state index in [1.54, 1.807) is 6.08 Å². The zero-order valence-electron chi connectivity index (χ0n) is 12.6. The van der Waals surface area contributed by atoms with Crippen LogP contribution in [0, 0.1) is 11.8 Å². The van der Waals surface area contributed by atoms with Gasteiger partial charge in [-0.05, 0) is 43.5 Å². The van der Waals surface area contributed by atoms with Crippen molar-refractivity contribution in [1.82, 2.24) is 4.90 Å². The van der Waals surface area contributed by atoms with Gasteiger partial charge in [-0.25, -0.2) is 4.79 Å². The van der Waals surface area contributed by atoms with Gasteiger partial charge >= 0.3 is 5.97 Å². The van der Waals surface area contributed by atoms with Crippen LogP contribution in [0.25, 0.3) is 0 Å². The number of halogens is 1. The van der Waals surface area contributed by atoms with E-state index in [4.69, 9.17) is 4.74 Å². The number of esters is 1. The number of nitrogens with zero attached hydrogens (tertiary/aromatic N) is 1. The second kappa shape index (κ2) is 6.50. The van der Waals surface area contributed by atoms with E-state index in [0.29, 0.717) is 24.6 Å². The Balaban J connectivity index is 2.00. The Morgan fingerprint density at radius 3 is 3.05 bits per heavy atom.